The van der Waals surface area contributed by atoms with Crippen LogP contribution in [-0.2, 0) is 12.8 Å². The highest BCUT2D eigenvalue weighted by atomic mass is 14.9. The minimum absolute atomic E-state index is 0.763. The summed E-state index contributed by atoms with van der Waals surface area (Å²) in [5.74, 6) is 0. The Balaban J connectivity index is 1.77. The predicted molar refractivity (Wildman–Crippen MR) is 74.4 cm³/mol. The summed E-state index contributed by atoms with van der Waals surface area (Å²) in [6.07, 6.45) is 9.12. The van der Waals surface area contributed by atoms with Crippen LogP contribution in [0.3, 0.4) is 0 Å². The van der Waals surface area contributed by atoms with E-state index in [4.69, 9.17) is 0 Å². The van der Waals surface area contributed by atoms with Crippen LogP contribution in [0.5, 0.6) is 0 Å². The van der Waals surface area contributed by atoms with E-state index in [1.165, 1.54) is 62.6 Å². The van der Waals surface area contributed by atoms with Crippen LogP contribution in [0.15, 0.2) is 24.3 Å². The van der Waals surface area contributed by atoms with Crippen molar-refractivity contribution in [2.75, 3.05) is 6.54 Å². The summed E-state index contributed by atoms with van der Waals surface area (Å²) in [5.41, 5.74) is 2.98. The molecular formula is C16H25N. The third-order valence-corrected chi connectivity index (χ3v) is 3.76. The van der Waals surface area contributed by atoms with Crippen molar-refractivity contribution in [3.8, 4) is 0 Å². The van der Waals surface area contributed by atoms with Crippen LogP contribution in [0, 0.1) is 0 Å². The number of hydrogen-bond acceptors (Lipinski definition) is 1. The van der Waals surface area contributed by atoms with Gasteiger partial charge in [-0.05, 0) is 49.8 Å². The fourth-order valence-corrected chi connectivity index (χ4v) is 2.67. The van der Waals surface area contributed by atoms with Gasteiger partial charge in [0.15, 0.2) is 0 Å². The Bertz CT molecular complexity index is 309. The Hall–Kier alpha value is -0.820. The van der Waals surface area contributed by atoms with Crippen LogP contribution in [0.4, 0.5) is 0 Å². The van der Waals surface area contributed by atoms with E-state index in [1.807, 2.05) is 0 Å². The maximum Gasteiger partial charge on any atom is 0.00702 e. The van der Waals surface area contributed by atoms with Crippen LogP contribution in [-0.4, -0.2) is 12.6 Å². The molecule has 1 unspecified atom stereocenters. The van der Waals surface area contributed by atoms with Crippen molar-refractivity contribution in [2.24, 2.45) is 0 Å². The van der Waals surface area contributed by atoms with Crippen molar-refractivity contribution >= 4 is 0 Å². The zero-order chi connectivity index (χ0) is 11.9. The summed E-state index contributed by atoms with van der Waals surface area (Å²) < 4.78 is 0. The second kappa shape index (κ2) is 6.80. The van der Waals surface area contributed by atoms with E-state index in [9.17, 15) is 0 Å². The second-order valence-electron chi connectivity index (χ2n) is 5.25. The van der Waals surface area contributed by atoms with Crippen molar-refractivity contribution in [3.05, 3.63) is 35.4 Å². The molecule has 1 heterocycles. The van der Waals surface area contributed by atoms with Gasteiger partial charge >= 0.3 is 0 Å². The van der Waals surface area contributed by atoms with Gasteiger partial charge in [0.1, 0.15) is 0 Å². The van der Waals surface area contributed by atoms with Gasteiger partial charge in [0, 0.05) is 6.04 Å². The Kier molecular flexibility index (Phi) is 5.06. The van der Waals surface area contributed by atoms with Gasteiger partial charge in [-0.25, -0.2) is 0 Å². The molecule has 0 spiro atoms. The summed E-state index contributed by atoms with van der Waals surface area (Å²) in [7, 11) is 0. The molecule has 1 aliphatic heterocycles. The van der Waals surface area contributed by atoms with Gasteiger partial charge < -0.3 is 5.32 Å². The first-order valence-corrected chi connectivity index (χ1v) is 7.19. The van der Waals surface area contributed by atoms with Crippen molar-refractivity contribution in [2.45, 2.75) is 57.9 Å². The smallest absolute Gasteiger partial charge is 0.00702 e. The highest BCUT2D eigenvalue weighted by Crippen LogP contribution is 2.14. The summed E-state index contributed by atoms with van der Waals surface area (Å²) in [5, 5.41) is 3.62. The molecule has 1 aliphatic rings. The third-order valence-electron chi connectivity index (χ3n) is 3.76. The van der Waals surface area contributed by atoms with E-state index in [-0.39, 0.29) is 0 Å². The number of rotatable bonds is 5. The van der Waals surface area contributed by atoms with Crippen molar-refractivity contribution in [3.63, 3.8) is 0 Å². The summed E-state index contributed by atoms with van der Waals surface area (Å²) in [4.78, 5) is 0. The first-order valence-electron chi connectivity index (χ1n) is 7.19. The average molecular weight is 231 g/mol. The number of aryl methyl sites for hydroxylation is 2. The zero-order valence-corrected chi connectivity index (χ0v) is 11.0. The van der Waals surface area contributed by atoms with Gasteiger partial charge in [0.05, 0.1) is 0 Å². The number of benzene rings is 1. The summed E-state index contributed by atoms with van der Waals surface area (Å²) in [6.45, 7) is 3.46. The Morgan fingerprint density at radius 1 is 1.06 bits per heavy atom. The second-order valence-corrected chi connectivity index (χ2v) is 5.25. The molecule has 17 heavy (non-hydrogen) atoms. The molecule has 1 atom stereocenters. The van der Waals surface area contributed by atoms with Gasteiger partial charge in [0.2, 0.25) is 0 Å². The molecule has 1 saturated heterocycles. The molecule has 0 saturated carbocycles. The SMILES string of the molecule is CCCc1ccc(CCC2CCCCN2)cc1. The predicted octanol–water partition coefficient (Wildman–Crippen LogP) is 3.71. The maximum atomic E-state index is 3.62. The van der Waals surface area contributed by atoms with E-state index >= 15 is 0 Å². The van der Waals surface area contributed by atoms with E-state index in [2.05, 4.69) is 36.5 Å². The lowest BCUT2D eigenvalue weighted by molar-refractivity contribution is 0.383. The minimum Gasteiger partial charge on any atom is -0.314 e. The summed E-state index contributed by atoms with van der Waals surface area (Å²) >= 11 is 0. The molecule has 94 valence electrons. The molecule has 1 heteroatoms. The van der Waals surface area contributed by atoms with E-state index < -0.39 is 0 Å². The van der Waals surface area contributed by atoms with Gasteiger partial charge in [-0.2, -0.15) is 0 Å². The van der Waals surface area contributed by atoms with E-state index in [0.29, 0.717) is 0 Å². The highest BCUT2D eigenvalue weighted by Gasteiger charge is 2.11. The van der Waals surface area contributed by atoms with Gasteiger partial charge in [-0.3, -0.25) is 0 Å². The average Bonchev–Trinajstić information content (AvgIpc) is 2.40. The quantitative estimate of drug-likeness (QED) is 0.814. The minimum atomic E-state index is 0.763. The largest absolute Gasteiger partial charge is 0.314 e. The zero-order valence-electron chi connectivity index (χ0n) is 11.0. The monoisotopic (exact) mass is 231 g/mol. The molecule has 0 bridgehead atoms. The Labute approximate surface area is 106 Å². The molecule has 1 aromatic rings. The number of nitrogens with one attached hydrogen (secondary N) is 1. The standard InChI is InChI=1S/C16H25N/c1-2-5-14-7-9-15(10-8-14)11-12-16-6-3-4-13-17-16/h7-10,16-17H,2-6,11-13H2,1H3. The van der Waals surface area contributed by atoms with Gasteiger partial charge in [0.25, 0.3) is 0 Å². The van der Waals surface area contributed by atoms with Crippen LogP contribution in [0.1, 0.15) is 50.2 Å². The lowest BCUT2D eigenvalue weighted by Gasteiger charge is -2.23. The van der Waals surface area contributed by atoms with Crippen LogP contribution < -0.4 is 5.32 Å². The van der Waals surface area contributed by atoms with Crippen LogP contribution in [0.2, 0.25) is 0 Å². The molecule has 1 fully saturated rings. The third kappa shape index (κ3) is 4.16. The van der Waals surface area contributed by atoms with E-state index in [1.54, 1.807) is 0 Å². The molecule has 1 N–H and O–H groups in total. The van der Waals surface area contributed by atoms with Gasteiger partial charge in [-0.15, -0.1) is 0 Å². The molecule has 1 nitrogen and oxygen atoms in total. The van der Waals surface area contributed by atoms with Gasteiger partial charge in [-0.1, -0.05) is 44.0 Å². The number of hydrogen-bond donors (Lipinski definition) is 1. The molecule has 1 aromatic carbocycles. The number of piperidine rings is 1. The Morgan fingerprint density at radius 2 is 1.76 bits per heavy atom. The van der Waals surface area contributed by atoms with E-state index in [0.717, 1.165) is 6.04 Å². The molecule has 0 aliphatic carbocycles. The molecule has 0 radical (unpaired) electrons. The highest BCUT2D eigenvalue weighted by molar-refractivity contribution is 5.22. The molecule has 2 rings (SSSR count). The first kappa shape index (κ1) is 12.6. The van der Waals surface area contributed by atoms with Crippen molar-refractivity contribution < 1.29 is 0 Å². The van der Waals surface area contributed by atoms with Crippen molar-refractivity contribution in [1.29, 1.82) is 0 Å². The molecular weight excluding hydrogens is 206 g/mol. The first-order chi connectivity index (χ1) is 8.38. The Morgan fingerprint density at radius 3 is 2.35 bits per heavy atom. The fraction of sp³-hybridized carbons (Fsp3) is 0.625. The molecule has 0 amide bonds. The molecule has 0 aromatic heterocycles. The normalized spacial score (nSPS) is 20.4. The lowest BCUT2D eigenvalue weighted by Crippen LogP contribution is -2.34. The summed E-state index contributed by atoms with van der Waals surface area (Å²) in [6, 6.07) is 9.99. The van der Waals surface area contributed by atoms with Crippen LogP contribution in [0.25, 0.3) is 0 Å². The topological polar surface area (TPSA) is 12.0 Å². The maximum absolute atomic E-state index is 3.62. The van der Waals surface area contributed by atoms with Crippen LogP contribution >= 0.6 is 0 Å². The lowest BCUT2D eigenvalue weighted by atomic mass is 9.97. The van der Waals surface area contributed by atoms with Crippen molar-refractivity contribution in [1.82, 2.24) is 5.32 Å². The fourth-order valence-electron chi connectivity index (χ4n) is 2.67.